The van der Waals surface area contributed by atoms with Crippen LogP contribution in [0.25, 0.3) is 33.0 Å². The Labute approximate surface area is 202 Å². The van der Waals surface area contributed by atoms with Crippen LogP contribution in [0.15, 0.2) is 42.7 Å². The van der Waals surface area contributed by atoms with Gasteiger partial charge in [-0.25, -0.2) is 14.1 Å². The second kappa shape index (κ2) is 9.53. The summed E-state index contributed by atoms with van der Waals surface area (Å²) in [6, 6.07) is 11.1. The highest BCUT2D eigenvalue weighted by Crippen LogP contribution is 2.38. The molecule has 34 heavy (non-hydrogen) atoms. The summed E-state index contributed by atoms with van der Waals surface area (Å²) in [5.41, 5.74) is 6.43. The van der Waals surface area contributed by atoms with E-state index in [1.165, 1.54) is 0 Å². The molecule has 4 aromatic rings. The largest absolute Gasteiger partial charge is 0.362 e. The summed E-state index contributed by atoms with van der Waals surface area (Å²) >= 11 is 0. The van der Waals surface area contributed by atoms with Crippen LogP contribution in [-0.2, 0) is 11.5 Å². The fourth-order valence-electron chi connectivity index (χ4n) is 4.03. The highest BCUT2D eigenvalue weighted by Gasteiger charge is 2.25. The summed E-state index contributed by atoms with van der Waals surface area (Å²) in [4.78, 5) is 12.7. The number of nitrogens with zero attached hydrogens (tertiary/aromatic N) is 6. The maximum Gasteiger partial charge on any atom is 0.254 e. The number of rotatable bonds is 8. The second-order valence-corrected chi connectivity index (χ2v) is 15.8. The van der Waals surface area contributed by atoms with E-state index in [2.05, 4.69) is 49.4 Å². The third-order valence-electron chi connectivity index (χ3n) is 5.77. The predicted octanol–water partition coefficient (Wildman–Crippen LogP) is 6.55. The topological polar surface area (TPSA) is 61.6 Å². The molecule has 0 N–H and O–H groups in total. The van der Waals surface area contributed by atoms with E-state index in [-0.39, 0.29) is 5.92 Å². The molecule has 0 unspecified atom stereocenters. The summed E-state index contributed by atoms with van der Waals surface area (Å²) in [5, 5.41) is 5.02. The Bertz CT molecular complexity index is 1360. The smallest absolute Gasteiger partial charge is 0.254 e. The van der Waals surface area contributed by atoms with Gasteiger partial charge in [0.15, 0.2) is 0 Å². The zero-order valence-electron chi connectivity index (χ0n) is 20.8. The van der Waals surface area contributed by atoms with Crippen molar-refractivity contribution in [1.82, 2.24) is 24.1 Å². The number of pyridine rings is 2. The van der Waals surface area contributed by atoms with E-state index in [9.17, 15) is 0 Å². The van der Waals surface area contributed by atoms with Gasteiger partial charge in [0, 0.05) is 37.6 Å². The first-order chi connectivity index (χ1) is 16.2. The molecule has 0 aliphatic heterocycles. The van der Waals surface area contributed by atoms with Crippen LogP contribution in [0.5, 0.6) is 0 Å². The second-order valence-electron chi connectivity index (χ2n) is 10.1. The van der Waals surface area contributed by atoms with Crippen molar-refractivity contribution in [3.05, 3.63) is 65.5 Å². The summed E-state index contributed by atoms with van der Waals surface area (Å²) in [6.45, 7) is 22.0. The first kappa shape index (κ1) is 23.9. The Morgan fingerprint density at radius 2 is 1.94 bits per heavy atom. The molecular formula is C26H32N6OSi. The Kier molecular flexibility index (Phi) is 6.69. The Morgan fingerprint density at radius 3 is 2.62 bits per heavy atom. The maximum atomic E-state index is 7.49. The van der Waals surface area contributed by atoms with Crippen LogP contribution >= 0.6 is 0 Å². The van der Waals surface area contributed by atoms with Gasteiger partial charge in [0.25, 0.3) is 5.82 Å². The van der Waals surface area contributed by atoms with Gasteiger partial charge in [0.1, 0.15) is 12.4 Å². The Hall–Kier alpha value is -3.28. The monoisotopic (exact) mass is 472 g/mol. The van der Waals surface area contributed by atoms with Gasteiger partial charge in [0.05, 0.1) is 23.8 Å². The van der Waals surface area contributed by atoms with Gasteiger partial charge in [-0.15, -0.1) is 0 Å². The molecule has 0 radical (unpaired) electrons. The minimum Gasteiger partial charge on any atom is -0.362 e. The summed E-state index contributed by atoms with van der Waals surface area (Å²) in [7, 11) is -1.17. The summed E-state index contributed by atoms with van der Waals surface area (Å²) < 4.78 is 9.92. The molecule has 8 heteroatoms. The van der Waals surface area contributed by atoms with Crippen LogP contribution in [-0.4, -0.2) is 38.8 Å². The lowest BCUT2D eigenvalue weighted by Crippen LogP contribution is -2.22. The molecule has 4 heterocycles. The van der Waals surface area contributed by atoms with Crippen molar-refractivity contribution in [2.24, 2.45) is 0 Å². The molecular weight excluding hydrogens is 440 g/mol. The first-order valence-electron chi connectivity index (χ1n) is 11.7. The number of imidazole rings is 1. The van der Waals surface area contributed by atoms with Gasteiger partial charge in [-0.1, -0.05) is 46.1 Å². The molecule has 176 valence electrons. The number of ether oxygens (including phenoxy) is 1. The number of aryl methyl sites for hydroxylation is 1. The van der Waals surface area contributed by atoms with Crippen LogP contribution in [0.4, 0.5) is 5.82 Å². The highest BCUT2D eigenvalue weighted by atomic mass is 28.3. The van der Waals surface area contributed by atoms with Crippen LogP contribution in [0.1, 0.15) is 31.2 Å². The van der Waals surface area contributed by atoms with Gasteiger partial charge in [-0.2, -0.15) is 5.10 Å². The lowest BCUT2D eigenvalue weighted by molar-refractivity contribution is 0.0761. The van der Waals surface area contributed by atoms with E-state index in [4.69, 9.17) is 21.4 Å². The molecule has 0 aliphatic carbocycles. The molecule has 0 amide bonds. The molecule has 0 bridgehead atoms. The quantitative estimate of drug-likeness (QED) is 0.166. The summed E-state index contributed by atoms with van der Waals surface area (Å²) in [5.74, 6) is 0.695. The molecule has 0 saturated carbocycles. The SMILES string of the molecule is [C-]#[N+]c1cnc2ccc(-c3c(-c4cccc(C)n4)nn(COCC[Si](C)(C)C)c3C(C)C)cn12. The van der Waals surface area contributed by atoms with E-state index in [0.717, 1.165) is 52.2 Å². The van der Waals surface area contributed by atoms with Crippen LogP contribution in [0, 0.1) is 13.5 Å². The Morgan fingerprint density at radius 1 is 1.15 bits per heavy atom. The molecule has 7 nitrogen and oxygen atoms in total. The predicted molar refractivity (Wildman–Crippen MR) is 139 cm³/mol. The minimum absolute atomic E-state index is 0.209. The van der Waals surface area contributed by atoms with E-state index in [1.54, 1.807) is 6.20 Å². The van der Waals surface area contributed by atoms with Crippen molar-refractivity contribution in [3.8, 4) is 22.5 Å². The molecule has 0 spiro atoms. The first-order valence-corrected chi connectivity index (χ1v) is 15.4. The molecule has 0 fully saturated rings. The fraction of sp³-hybridized carbons (Fsp3) is 0.385. The zero-order chi connectivity index (χ0) is 24.5. The summed E-state index contributed by atoms with van der Waals surface area (Å²) in [6.07, 6.45) is 3.59. The molecule has 0 aromatic carbocycles. The molecule has 0 atom stereocenters. The van der Waals surface area contributed by atoms with E-state index >= 15 is 0 Å². The van der Waals surface area contributed by atoms with Crippen LogP contribution in [0.3, 0.4) is 0 Å². The van der Waals surface area contributed by atoms with Crippen molar-refractivity contribution in [2.45, 2.75) is 59.1 Å². The van der Waals surface area contributed by atoms with Crippen LogP contribution in [0.2, 0.25) is 25.7 Å². The van der Waals surface area contributed by atoms with Gasteiger partial charge in [0.2, 0.25) is 5.65 Å². The van der Waals surface area contributed by atoms with E-state index in [0.29, 0.717) is 12.5 Å². The van der Waals surface area contributed by atoms with E-state index < -0.39 is 8.07 Å². The van der Waals surface area contributed by atoms with Crippen molar-refractivity contribution in [1.29, 1.82) is 0 Å². The standard InChI is InChI=1S/C26H32N6OSi/c1-18(2)26-24(20-11-12-22-28-15-23(27-4)31(22)16-20)25(21-10-8-9-19(3)29-21)30-32(26)17-33-13-14-34(5,6)7/h8-12,15-16,18H,13-14,17H2,1-3,5-7H3. The van der Waals surface area contributed by atoms with Gasteiger partial charge < -0.3 is 9.58 Å². The van der Waals surface area contributed by atoms with Crippen molar-refractivity contribution in [2.75, 3.05) is 6.61 Å². The van der Waals surface area contributed by atoms with Gasteiger partial charge in [-0.05, 0) is 37.1 Å². The normalized spacial score (nSPS) is 11.9. The minimum atomic E-state index is -1.17. The molecule has 4 aromatic heterocycles. The fourth-order valence-corrected chi connectivity index (χ4v) is 4.78. The number of hydrogen-bond acceptors (Lipinski definition) is 4. The lowest BCUT2D eigenvalue weighted by Gasteiger charge is -2.17. The maximum absolute atomic E-state index is 7.49. The average Bonchev–Trinajstić information content (AvgIpc) is 3.37. The van der Waals surface area contributed by atoms with Crippen molar-refractivity contribution in [3.63, 3.8) is 0 Å². The van der Waals surface area contributed by atoms with Crippen molar-refractivity contribution >= 4 is 19.5 Å². The molecule has 0 saturated heterocycles. The average molecular weight is 473 g/mol. The third kappa shape index (κ3) is 4.96. The van der Waals surface area contributed by atoms with E-state index in [1.807, 2.05) is 46.5 Å². The third-order valence-corrected chi connectivity index (χ3v) is 7.47. The highest BCUT2D eigenvalue weighted by molar-refractivity contribution is 6.76. The number of aromatic nitrogens is 5. The number of hydrogen-bond donors (Lipinski definition) is 0. The molecule has 0 aliphatic rings. The van der Waals surface area contributed by atoms with Gasteiger partial charge >= 0.3 is 0 Å². The van der Waals surface area contributed by atoms with Crippen LogP contribution < -0.4 is 0 Å². The zero-order valence-corrected chi connectivity index (χ0v) is 21.8. The molecule has 4 rings (SSSR count). The number of fused-ring (bicyclic) bond motifs is 1. The van der Waals surface area contributed by atoms with Crippen molar-refractivity contribution < 1.29 is 4.74 Å². The Balaban J connectivity index is 1.86. The van der Waals surface area contributed by atoms with Gasteiger partial charge in [-0.3, -0.25) is 4.98 Å². The lowest BCUT2D eigenvalue weighted by atomic mass is 9.97.